The van der Waals surface area contributed by atoms with Gasteiger partial charge in [0, 0.05) is 50.0 Å². The Morgan fingerprint density at radius 1 is 1.04 bits per heavy atom. The predicted octanol–water partition coefficient (Wildman–Crippen LogP) is 3.41. The molecule has 0 aromatic carbocycles. The third-order valence-electron chi connectivity index (χ3n) is 4.90. The zero-order chi connectivity index (χ0) is 17.1. The Hall–Kier alpha value is -2.69. The second kappa shape index (κ2) is 7.05. The fraction of sp³-hybridized carbons (Fsp3) is 0.350. The molecule has 0 saturated carbocycles. The number of anilines is 1. The van der Waals surface area contributed by atoms with Crippen LogP contribution in [0.4, 0.5) is 5.82 Å². The Labute approximate surface area is 148 Å². The number of hydrogen-bond donors (Lipinski definition) is 0. The van der Waals surface area contributed by atoms with E-state index in [2.05, 4.69) is 55.7 Å². The van der Waals surface area contributed by atoms with Gasteiger partial charge >= 0.3 is 0 Å². The van der Waals surface area contributed by atoms with Gasteiger partial charge in [0.15, 0.2) is 0 Å². The Bertz CT molecular complexity index is 802. The van der Waals surface area contributed by atoms with Crippen LogP contribution < -0.4 is 4.90 Å². The summed E-state index contributed by atoms with van der Waals surface area (Å²) in [5.74, 6) is 2.79. The Balaban J connectivity index is 1.43. The summed E-state index contributed by atoms with van der Waals surface area (Å²) >= 11 is 0. The summed E-state index contributed by atoms with van der Waals surface area (Å²) in [7, 11) is 0. The van der Waals surface area contributed by atoms with Crippen molar-refractivity contribution in [3.05, 3.63) is 72.2 Å². The van der Waals surface area contributed by atoms with Gasteiger partial charge in [0.05, 0.1) is 6.54 Å². The first-order valence-corrected chi connectivity index (χ1v) is 8.87. The lowest BCUT2D eigenvalue weighted by Gasteiger charge is -2.32. The normalized spacial score (nSPS) is 15.5. The molecule has 0 spiro atoms. The van der Waals surface area contributed by atoms with Crippen LogP contribution in [0.3, 0.4) is 0 Å². The molecule has 1 fully saturated rings. The molecular weight excluding hydrogens is 310 g/mol. The zero-order valence-corrected chi connectivity index (χ0v) is 14.5. The molecule has 128 valence electrons. The molecule has 3 aromatic rings. The van der Waals surface area contributed by atoms with E-state index in [1.807, 2.05) is 30.9 Å². The Morgan fingerprint density at radius 3 is 2.64 bits per heavy atom. The lowest BCUT2D eigenvalue weighted by Crippen LogP contribution is -2.34. The van der Waals surface area contributed by atoms with Crippen LogP contribution in [0.15, 0.2) is 55.2 Å². The lowest BCUT2D eigenvalue weighted by molar-refractivity contribution is 0.468. The summed E-state index contributed by atoms with van der Waals surface area (Å²) in [6, 6.07) is 8.36. The van der Waals surface area contributed by atoms with Crippen LogP contribution in [0, 0.1) is 6.92 Å². The first-order valence-electron chi connectivity index (χ1n) is 8.87. The van der Waals surface area contributed by atoms with Crippen molar-refractivity contribution >= 4 is 5.82 Å². The van der Waals surface area contributed by atoms with Gasteiger partial charge in [0.25, 0.3) is 0 Å². The van der Waals surface area contributed by atoms with Crippen LogP contribution in [0.5, 0.6) is 0 Å². The molecule has 0 aliphatic carbocycles. The molecule has 5 heteroatoms. The number of aromatic nitrogens is 4. The molecular formula is C20H23N5. The summed E-state index contributed by atoms with van der Waals surface area (Å²) in [6.07, 6.45) is 11.9. The SMILES string of the molecule is Cc1ccc(N2CCC(c3nccn3Cc3cccnc3)CC2)nc1. The van der Waals surface area contributed by atoms with Gasteiger partial charge in [-0.05, 0) is 43.0 Å². The first kappa shape index (κ1) is 15.8. The van der Waals surface area contributed by atoms with Crippen LogP contribution in [0.25, 0.3) is 0 Å². The van der Waals surface area contributed by atoms with E-state index in [-0.39, 0.29) is 0 Å². The van der Waals surface area contributed by atoms with Crippen molar-refractivity contribution in [3.63, 3.8) is 0 Å². The van der Waals surface area contributed by atoms with E-state index in [4.69, 9.17) is 0 Å². The van der Waals surface area contributed by atoms with E-state index in [0.717, 1.165) is 38.3 Å². The second-order valence-electron chi connectivity index (χ2n) is 6.73. The minimum atomic E-state index is 0.508. The van der Waals surface area contributed by atoms with Crippen molar-refractivity contribution in [3.8, 4) is 0 Å². The summed E-state index contributed by atoms with van der Waals surface area (Å²) in [4.78, 5) is 15.8. The minimum Gasteiger partial charge on any atom is -0.357 e. The van der Waals surface area contributed by atoms with E-state index >= 15 is 0 Å². The molecule has 0 N–H and O–H groups in total. The average molecular weight is 333 g/mol. The summed E-state index contributed by atoms with van der Waals surface area (Å²) in [5, 5.41) is 0. The summed E-state index contributed by atoms with van der Waals surface area (Å²) in [6.45, 7) is 4.97. The molecule has 5 nitrogen and oxygen atoms in total. The van der Waals surface area contributed by atoms with Gasteiger partial charge in [-0.2, -0.15) is 0 Å². The van der Waals surface area contributed by atoms with E-state index in [0.29, 0.717) is 5.92 Å². The fourth-order valence-electron chi connectivity index (χ4n) is 3.52. The van der Waals surface area contributed by atoms with E-state index in [1.54, 1.807) is 0 Å². The van der Waals surface area contributed by atoms with E-state index in [9.17, 15) is 0 Å². The number of rotatable bonds is 4. The predicted molar refractivity (Wildman–Crippen MR) is 98.7 cm³/mol. The van der Waals surface area contributed by atoms with Gasteiger partial charge in [0.1, 0.15) is 11.6 Å². The lowest BCUT2D eigenvalue weighted by atomic mass is 9.95. The van der Waals surface area contributed by atoms with Gasteiger partial charge in [-0.15, -0.1) is 0 Å². The van der Waals surface area contributed by atoms with Crippen LogP contribution in [-0.2, 0) is 6.54 Å². The maximum absolute atomic E-state index is 4.65. The minimum absolute atomic E-state index is 0.508. The standard InChI is InChI=1S/C20H23N5/c1-16-4-5-19(23-13-16)24-10-6-18(7-11-24)20-22-9-12-25(20)15-17-3-2-8-21-14-17/h2-5,8-9,12-14,18H,6-7,10-11,15H2,1H3. The third kappa shape index (κ3) is 3.55. The highest BCUT2D eigenvalue weighted by atomic mass is 15.2. The van der Waals surface area contributed by atoms with Crippen molar-refractivity contribution < 1.29 is 0 Å². The molecule has 0 radical (unpaired) electrons. The van der Waals surface area contributed by atoms with Crippen molar-refractivity contribution in [2.75, 3.05) is 18.0 Å². The number of pyridine rings is 2. The van der Waals surface area contributed by atoms with E-state index in [1.165, 1.54) is 17.0 Å². The highest BCUT2D eigenvalue weighted by molar-refractivity contribution is 5.39. The highest BCUT2D eigenvalue weighted by Gasteiger charge is 2.24. The topological polar surface area (TPSA) is 46.8 Å². The number of imidazole rings is 1. The quantitative estimate of drug-likeness (QED) is 0.734. The molecule has 1 saturated heterocycles. The number of nitrogens with zero attached hydrogens (tertiary/aromatic N) is 5. The molecule has 4 rings (SSSR count). The molecule has 25 heavy (non-hydrogen) atoms. The number of aryl methyl sites for hydroxylation is 1. The van der Waals surface area contributed by atoms with Gasteiger partial charge in [-0.25, -0.2) is 9.97 Å². The van der Waals surface area contributed by atoms with Crippen LogP contribution in [-0.4, -0.2) is 32.6 Å². The summed E-state index contributed by atoms with van der Waals surface area (Å²) in [5.41, 5.74) is 2.42. The molecule has 4 heterocycles. The highest BCUT2D eigenvalue weighted by Crippen LogP contribution is 2.29. The molecule has 3 aromatic heterocycles. The Kier molecular flexibility index (Phi) is 4.46. The maximum atomic E-state index is 4.65. The molecule has 0 amide bonds. The molecule has 0 unspecified atom stereocenters. The van der Waals surface area contributed by atoms with Crippen LogP contribution >= 0.6 is 0 Å². The van der Waals surface area contributed by atoms with Crippen molar-refractivity contribution in [1.29, 1.82) is 0 Å². The Morgan fingerprint density at radius 2 is 1.92 bits per heavy atom. The average Bonchev–Trinajstić information content (AvgIpc) is 3.11. The first-order chi connectivity index (χ1) is 12.3. The van der Waals surface area contributed by atoms with E-state index < -0.39 is 0 Å². The number of hydrogen-bond acceptors (Lipinski definition) is 4. The maximum Gasteiger partial charge on any atom is 0.128 e. The smallest absolute Gasteiger partial charge is 0.128 e. The monoisotopic (exact) mass is 333 g/mol. The molecule has 0 atom stereocenters. The molecule has 1 aliphatic rings. The van der Waals surface area contributed by atoms with Crippen molar-refractivity contribution in [2.45, 2.75) is 32.2 Å². The zero-order valence-electron chi connectivity index (χ0n) is 14.5. The molecule has 0 bridgehead atoms. The summed E-state index contributed by atoms with van der Waals surface area (Å²) < 4.78 is 2.27. The second-order valence-corrected chi connectivity index (χ2v) is 6.73. The van der Waals surface area contributed by atoms with Crippen LogP contribution in [0.2, 0.25) is 0 Å². The van der Waals surface area contributed by atoms with Gasteiger partial charge < -0.3 is 9.47 Å². The fourth-order valence-corrected chi connectivity index (χ4v) is 3.52. The number of piperidine rings is 1. The van der Waals surface area contributed by atoms with Crippen molar-refractivity contribution in [1.82, 2.24) is 19.5 Å². The van der Waals surface area contributed by atoms with Gasteiger partial charge in [-0.1, -0.05) is 12.1 Å². The van der Waals surface area contributed by atoms with Crippen LogP contribution in [0.1, 0.15) is 35.7 Å². The van der Waals surface area contributed by atoms with Gasteiger partial charge in [0.2, 0.25) is 0 Å². The molecule has 1 aliphatic heterocycles. The third-order valence-corrected chi connectivity index (χ3v) is 4.90. The largest absolute Gasteiger partial charge is 0.357 e. The van der Waals surface area contributed by atoms with Gasteiger partial charge in [-0.3, -0.25) is 4.98 Å². The van der Waals surface area contributed by atoms with Crippen molar-refractivity contribution in [2.24, 2.45) is 0 Å².